The number of hydrogen-bond acceptors (Lipinski definition) is 4. The summed E-state index contributed by atoms with van der Waals surface area (Å²) < 4.78 is 18.9. The molecule has 1 heterocycles. The van der Waals surface area contributed by atoms with Crippen molar-refractivity contribution >= 4 is 11.8 Å². The largest absolute Gasteiger partial charge is 0.496 e. The van der Waals surface area contributed by atoms with E-state index >= 15 is 0 Å². The molecule has 1 aromatic rings. The summed E-state index contributed by atoms with van der Waals surface area (Å²) in [5.74, 6) is 0.544. The van der Waals surface area contributed by atoms with Gasteiger partial charge in [0.05, 0.1) is 7.11 Å². The molecule has 29 heavy (non-hydrogen) atoms. The molecule has 2 rings (SSSR count). The number of benzene rings is 1. The lowest BCUT2D eigenvalue weighted by atomic mass is 10.0. The Morgan fingerprint density at radius 2 is 1.79 bits per heavy atom. The summed E-state index contributed by atoms with van der Waals surface area (Å²) in [6.45, 7) is 11.0. The number of carbonyl (C=O) groups excluding carboxylic acids is 2. The Kier molecular flexibility index (Phi) is 8.44. The van der Waals surface area contributed by atoms with Crippen molar-refractivity contribution in [1.82, 2.24) is 15.1 Å². The van der Waals surface area contributed by atoms with Crippen LogP contribution in [0.25, 0.3) is 0 Å². The molecule has 1 aliphatic rings. The van der Waals surface area contributed by atoms with Gasteiger partial charge in [0.15, 0.2) is 0 Å². The minimum atomic E-state index is -0.504. The van der Waals surface area contributed by atoms with Crippen LogP contribution in [0.3, 0.4) is 0 Å². The molecule has 0 aliphatic carbocycles. The third-order valence-electron chi connectivity index (χ3n) is 5.16. The van der Waals surface area contributed by atoms with Crippen LogP contribution in [-0.4, -0.2) is 60.9 Å². The van der Waals surface area contributed by atoms with Crippen molar-refractivity contribution in [3.8, 4) is 5.75 Å². The molecule has 0 bridgehead atoms. The molecule has 1 fully saturated rings. The van der Waals surface area contributed by atoms with E-state index in [4.69, 9.17) is 4.74 Å². The van der Waals surface area contributed by atoms with Crippen LogP contribution >= 0.6 is 0 Å². The molecule has 1 aromatic carbocycles. The van der Waals surface area contributed by atoms with Gasteiger partial charge in [0.25, 0.3) is 0 Å². The number of amides is 2. The van der Waals surface area contributed by atoms with E-state index in [0.717, 1.165) is 5.56 Å². The molecule has 7 heteroatoms. The zero-order chi connectivity index (χ0) is 21.6. The second-order valence-electron chi connectivity index (χ2n) is 8.44. The molecule has 1 unspecified atom stereocenters. The molecule has 162 valence electrons. The molecule has 0 radical (unpaired) electrons. The standard InChI is InChI=1S/C22H34FN3O3/c1-15(2)12-20(27)24-21(16(3)4)22(28)26-10-8-25(9-11-26)14-17-13-18(23)6-7-19(17)29-5/h6-7,13,15-16,21H,8-12,14H2,1-5H3,(H,24,27). The first-order valence-corrected chi connectivity index (χ1v) is 10.3. The first kappa shape index (κ1) is 23.1. The van der Waals surface area contributed by atoms with E-state index in [-0.39, 0.29) is 29.5 Å². The molecule has 6 nitrogen and oxygen atoms in total. The number of methoxy groups -OCH3 is 1. The van der Waals surface area contributed by atoms with Gasteiger partial charge in [0.1, 0.15) is 17.6 Å². The molecule has 0 aromatic heterocycles. The van der Waals surface area contributed by atoms with Crippen molar-refractivity contribution in [2.75, 3.05) is 33.3 Å². The van der Waals surface area contributed by atoms with Gasteiger partial charge in [-0.1, -0.05) is 27.7 Å². The van der Waals surface area contributed by atoms with Crippen molar-refractivity contribution in [2.45, 2.75) is 46.7 Å². The molecule has 1 saturated heterocycles. The Bertz CT molecular complexity index is 701. The Labute approximate surface area is 173 Å². The number of piperazine rings is 1. The van der Waals surface area contributed by atoms with E-state index in [2.05, 4.69) is 10.2 Å². The van der Waals surface area contributed by atoms with Crippen LogP contribution in [0.1, 0.15) is 39.7 Å². The van der Waals surface area contributed by atoms with Crippen molar-refractivity contribution < 1.29 is 18.7 Å². The minimum absolute atomic E-state index is 0.0215. The first-order valence-electron chi connectivity index (χ1n) is 10.3. The number of ether oxygens (including phenoxy) is 1. The van der Waals surface area contributed by atoms with Crippen LogP contribution in [0.4, 0.5) is 4.39 Å². The van der Waals surface area contributed by atoms with Crippen LogP contribution in [0.2, 0.25) is 0 Å². The second kappa shape index (κ2) is 10.6. The summed E-state index contributed by atoms with van der Waals surface area (Å²) in [4.78, 5) is 29.2. The molecule has 2 amide bonds. The second-order valence-corrected chi connectivity index (χ2v) is 8.44. The van der Waals surface area contributed by atoms with Gasteiger partial charge in [-0.05, 0) is 30.0 Å². The lowest BCUT2D eigenvalue weighted by Gasteiger charge is -2.37. The van der Waals surface area contributed by atoms with E-state index in [1.54, 1.807) is 13.2 Å². The average Bonchev–Trinajstić information content (AvgIpc) is 2.65. The monoisotopic (exact) mass is 407 g/mol. The minimum Gasteiger partial charge on any atom is -0.496 e. The number of hydrogen-bond donors (Lipinski definition) is 1. The number of carbonyl (C=O) groups is 2. The third-order valence-corrected chi connectivity index (χ3v) is 5.16. The molecule has 1 aliphatic heterocycles. The number of nitrogens with zero attached hydrogens (tertiary/aromatic N) is 2. The van der Waals surface area contributed by atoms with Crippen molar-refractivity contribution in [3.63, 3.8) is 0 Å². The zero-order valence-electron chi connectivity index (χ0n) is 18.2. The van der Waals surface area contributed by atoms with E-state index in [0.29, 0.717) is 44.9 Å². The fourth-order valence-corrected chi connectivity index (χ4v) is 3.55. The van der Waals surface area contributed by atoms with Gasteiger partial charge in [-0.3, -0.25) is 14.5 Å². The highest BCUT2D eigenvalue weighted by molar-refractivity contribution is 5.88. The molecule has 1 N–H and O–H groups in total. The Morgan fingerprint density at radius 3 is 2.34 bits per heavy atom. The Hall–Kier alpha value is -2.15. The summed E-state index contributed by atoms with van der Waals surface area (Å²) in [7, 11) is 1.58. The first-order chi connectivity index (χ1) is 13.7. The lowest BCUT2D eigenvalue weighted by molar-refractivity contribution is -0.139. The summed E-state index contributed by atoms with van der Waals surface area (Å²) >= 11 is 0. The summed E-state index contributed by atoms with van der Waals surface area (Å²) in [5, 5.41) is 2.92. The van der Waals surface area contributed by atoms with Gasteiger partial charge in [0, 0.05) is 44.7 Å². The highest BCUT2D eigenvalue weighted by Gasteiger charge is 2.30. The number of rotatable bonds is 8. The van der Waals surface area contributed by atoms with E-state index in [1.165, 1.54) is 12.1 Å². The van der Waals surface area contributed by atoms with E-state index in [9.17, 15) is 14.0 Å². The SMILES string of the molecule is COc1ccc(F)cc1CN1CCN(C(=O)C(NC(=O)CC(C)C)C(C)C)CC1. The van der Waals surface area contributed by atoms with Crippen molar-refractivity contribution in [3.05, 3.63) is 29.6 Å². The van der Waals surface area contributed by atoms with Crippen molar-refractivity contribution in [1.29, 1.82) is 0 Å². The predicted molar refractivity (Wildman–Crippen MR) is 111 cm³/mol. The van der Waals surface area contributed by atoms with Crippen LogP contribution in [0.15, 0.2) is 18.2 Å². The summed E-state index contributed by atoms with van der Waals surface area (Å²) in [6.07, 6.45) is 0.416. The van der Waals surface area contributed by atoms with Crippen LogP contribution in [0, 0.1) is 17.7 Å². The van der Waals surface area contributed by atoms with E-state index in [1.807, 2.05) is 32.6 Å². The van der Waals surface area contributed by atoms with Crippen LogP contribution in [-0.2, 0) is 16.1 Å². The zero-order valence-corrected chi connectivity index (χ0v) is 18.2. The number of nitrogens with one attached hydrogen (secondary N) is 1. The molecular formula is C22H34FN3O3. The quantitative estimate of drug-likeness (QED) is 0.720. The highest BCUT2D eigenvalue weighted by Crippen LogP contribution is 2.22. The molecule has 0 spiro atoms. The van der Waals surface area contributed by atoms with E-state index < -0.39 is 6.04 Å². The molecule has 1 atom stereocenters. The maximum Gasteiger partial charge on any atom is 0.245 e. The average molecular weight is 408 g/mol. The van der Waals surface area contributed by atoms with Gasteiger partial charge >= 0.3 is 0 Å². The maximum absolute atomic E-state index is 13.6. The van der Waals surface area contributed by atoms with Gasteiger partial charge in [0.2, 0.25) is 11.8 Å². The van der Waals surface area contributed by atoms with Gasteiger partial charge in [-0.2, -0.15) is 0 Å². The topological polar surface area (TPSA) is 61.9 Å². The van der Waals surface area contributed by atoms with Gasteiger partial charge < -0.3 is 15.0 Å². The molecule has 0 saturated carbocycles. The van der Waals surface area contributed by atoms with Crippen LogP contribution in [0.5, 0.6) is 5.75 Å². The Balaban J connectivity index is 1.94. The van der Waals surface area contributed by atoms with Gasteiger partial charge in [-0.15, -0.1) is 0 Å². The fraction of sp³-hybridized carbons (Fsp3) is 0.636. The van der Waals surface area contributed by atoms with Gasteiger partial charge in [-0.25, -0.2) is 4.39 Å². The fourth-order valence-electron chi connectivity index (χ4n) is 3.55. The third kappa shape index (κ3) is 6.70. The van der Waals surface area contributed by atoms with Crippen molar-refractivity contribution in [2.24, 2.45) is 11.8 Å². The van der Waals surface area contributed by atoms with Crippen LogP contribution < -0.4 is 10.1 Å². The smallest absolute Gasteiger partial charge is 0.245 e. The maximum atomic E-state index is 13.6. The normalized spacial score (nSPS) is 16.2. The summed E-state index contributed by atoms with van der Waals surface area (Å²) in [6, 6.07) is 4.02. The highest BCUT2D eigenvalue weighted by atomic mass is 19.1. The lowest BCUT2D eigenvalue weighted by Crippen LogP contribution is -2.56. The predicted octanol–water partition coefficient (Wildman–Crippen LogP) is 2.67. The Morgan fingerprint density at radius 1 is 1.14 bits per heavy atom. The number of halogens is 1. The summed E-state index contributed by atoms with van der Waals surface area (Å²) in [5.41, 5.74) is 0.799. The molecular weight excluding hydrogens is 373 g/mol.